The van der Waals surface area contributed by atoms with Crippen molar-refractivity contribution >= 4 is 64.8 Å². The van der Waals surface area contributed by atoms with E-state index < -0.39 is 0 Å². The third-order valence-corrected chi connectivity index (χ3v) is 6.42. The Balaban J connectivity index is 1.94. The molecule has 6 aromatic carbocycles. The Bertz CT molecular complexity index is 1780. The highest BCUT2D eigenvalue weighted by atomic mass is 14.6. The Morgan fingerprint density at radius 2 is 0.933 bits per heavy atom. The quantitative estimate of drug-likeness (QED) is 0.192. The lowest BCUT2D eigenvalue weighted by Crippen LogP contribution is -1.90. The number of aromatic nitrogens is 1. The van der Waals surface area contributed by atoms with Crippen LogP contribution >= 0.6 is 0 Å². The highest BCUT2D eigenvalue weighted by molar-refractivity contribution is 6.39. The first-order chi connectivity index (χ1) is 14.9. The van der Waals surface area contributed by atoms with Crippen molar-refractivity contribution in [3.63, 3.8) is 0 Å². The second-order valence-electron chi connectivity index (χ2n) is 7.99. The second-order valence-corrected chi connectivity index (χ2v) is 7.99. The van der Waals surface area contributed by atoms with Crippen LogP contribution in [0.5, 0.6) is 0 Å². The number of pyridine rings is 1. The first-order valence-corrected chi connectivity index (χ1v) is 10.3. The van der Waals surface area contributed by atoms with Gasteiger partial charge in [-0.3, -0.25) is 4.98 Å². The Kier molecular flexibility index (Phi) is 3.06. The Labute approximate surface area is 173 Å². The SMILES string of the molecule is c1ccc2cc3c(cc2c1)c1cccnc1c1c2ccccc2c2ccccc2c31. The van der Waals surface area contributed by atoms with E-state index in [9.17, 15) is 0 Å². The first-order valence-electron chi connectivity index (χ1n) is 10.3. The molecule has 0 unspecified atom stereocenters. The van der Waals surface area contributed by atoms with E-state index in [1.54, 1.807) is 0 Å². The number of hydrogen-bond donors (Lipinski definition) is 0. The number of nitrogens with zero attached hydrogens (tertiary/aromatic N) is 1. The molecule has 1 aromatic heterocycles. The molecule has 0 saturated carbocycles. The average Bonchev–Trinajstić information content (AvgIpc) is 2.82. The van der Waals surface area contributed by atoms with Gasteiger partial charge in [0.25, 0.3) is 0 Å². The molecule has 0 aliphatic rings. The standard InChI is InChI=1S/C29H17N/c1-2-9-19-17-26-25(16-18(19)8-1)24-14-7-15-30-29(24)28-23-13-6-4-11-21(23)20-10-3-5-12-22(20)27(26)28/h1-17H. The fourth-order valence-electron chi connectivity index (χ4n) is 5.16. The molecule has 0 bridgehead atoms. The van der Waals surface area contributed by atoms with Crippen molar-refractivity contribution in [2.75, 3.05) is 0 Å². The predicted octanol–water partition coefficient (Wildman–Crippen LogP) is 8.00. The molecule has 30 heavy (non-hydrogen) atoms. The molecule has 138 valence electrons. The van der Waals surface area contributed by atoms with E-state index in [0.717, 1.165) is 5.52 Å². The molecule has 0 aliphatic carbocycles. The molecule has 1 heteroatoms. The van der Waals surface area contributed by atoms with Gasteiger partial charge in [-0.25, -0.2) is 0 Å². The Morgan fingerprint density at radius 3 is 1.63 bits per heavy atom. The summed E-state index contributed by atoms with van der Waals surface area (Å²) in [6.07, 6.45) is 1.92. The van der Waals surface area contributed by atoms with Gasteiger partial charge in [-0.05, 0) is 61.3 Å². The minimum Gasteiger partial charge on any atom is -0.256 e. The van der Waals surface area contributed by atoms with Gasteiger partial charge in [0.05, 0.1) is 5.52 Å². The van der Waals surface area contributed by atoms with Crippen LogP contribution in [0.3, 0.4) is 0 Å². The molecule has 0 aliphatic heterocycles. The Morgan fingerprint density at radius 1 is 0.400 bits per heavy atom. The molecule has 1 nitrogen and oxygen atoms in total. The molecule has 7 rings (SSSR count). The van der Waals surface area contributed by atoms with Gasteiger partial charge in [0, 0.05) is 22.4 Å². The second kappa shape index (κ2) is 5.77. The van der Waals surface area contributed by atoms with Gasteiger partial charge < -0.3 is 0 Å². The summed E-state index contributed by atoms with van der Waals surface area (Å²) < 4.78 is 0. The van der Waals surface area contributed by atoms with E-state index in [0.29, 0.717) is 0 Å². The van der Waals surface area contributed by atoms with Crippen molar-refractivity contribution < 1.29 is 0 Å². The molecule has 7 aromatic rings. The van der Waals surface area contributed by atoms with Crippen LogP contribution in [0.15, 0.2) is 103 Å². The summed E-state index contributed by atoms with van der Waals surface area (Å²) in [5, 5.41) is 14.0. The van der Waals surface area contributed by atoms with E-state index in [1.165, 1.54) is 59.2 Å². The fraction of sp³-hybridized carbons (Fsp3) is 0. The van der Waals surface area contributed by atoms with Gasteiger partial charge in [0.1, 0.15) is 0 Å². The fourth-order valence-corrected chi connectivity index (χ4v) is 5.16. The maximum atomic E-state index is 4.90. The smallest absolute Gasteiger partial charge is 0.0793 e. The monoisotopic (exact) mass is 379 g/mol. The van der Waals surface area contributed by atoms with Crippen molar-refractivity contribution in [3.05, 3.63) is 103 Å². The lowest BCUT2D eigenvalue weighted by Gasteiger charge is -2.16. The van der Waals surface area contributed by atoms with Crippen molar-refractivity contribution in [2.45, 2.75) is 0 Å². The summed E-state index contributed by atoms with van der Waals surface area (Å²) in [7, 11) is 0. The van der Waals surface area contributed by atoms with E-state index in [1.807, 2.05) is 12.3 Å². The van der Waals surface area contributed by atoms with Crippen molar-refractivity contribution in [2.24, 2.45) is 0 Å². The highest BCUT2D eigenvalue weighted by Gasteiger charge is 2.16. The van der Waals surface area contributed by atoms with Gasteiger partial charge in [-0.15, -0.1) is 0 Å². The molecule has 0 N–H and O–H groups in total. The number of benzene rings is 6. The molecule has 0 radical (unpaired) electrons. The van der Waals surface area contributed by atoms with Gasteiger partial charge in [0.2, 0.25) is 0 Å². The average molecular weight is 379 g/mol. The van der Waals surface area contributed by atoms with E-state index >= 15 is 0 Å². The summed E-state index contributed by atoms with van der Waals surface area (Å²) >= 11 is 0. The molecule has 1 heterocycles. The molecular formula is C29H17N. The van der Waals surface area contributed by atoms with Crippen LogP contribution in [0.4, 0.5) is 0 Å². The summed E-state index contributed by atoms with van der Waals surface area (Å²) in [5.41, 5.74) is 1.08. The minimum absolute atomic E-state index is 1.08. The predicted molar refractivity (Wildman–Crippen MR) is 129 cm³/mol. The molecular weight excluding hydrogens is 362 g/mol. The van der Waals surface area contributed by atoms with Crippen LogP contribution in [-0.4, -0.2) is 4.98 Å². The summed E-state index contributed by atoms with van der Waals surface area (Å²) in [6.45, 7) is 0. The number of fused-ring (bicyclic) bond motifs is 12. The number of hydrogen-bond acceptors (Lipinski definition) is 1. The topological polar surface area (TPSA) is 12.9 Å². The van der Waals surface area contributed by atoms with Crippen LogP contribution in [-0.2, 0) is 0 Å². The third kappa shape index (κ3) is 1.99. The maximum Gasteiger partial charge on any atom is 0.0793 e. The van der Waals surface area contributed by atoms with Gasteiger partial charge in [0.15, 0.2) is 0 Å². The lowest BCUT2D eigenvalue weighted by molar-refractivity contribution is 1.43. The van der Waals surface area contributed by atoms with Crippen LogP contribution in [0.25, 0.3) is 64.8 Å². The lowest BCUT2D eigenvalue weighted by atomic mass is 9.88. The zero-order valence-corrected chi connectivity index (χ0v) is 16.3. The molecule has 0 fully saturated rings. The van der Waals surface area contributed by atoms with Gasteiger partial charge >= 0.3 is 0 Å². The van der Waals surface area contributed by atoms with Gasteiger partial charge in [-0.1, -0.05) is 78.9 Å². The summed E-state index contributed by atoms with van der Waals surface area (Å²) in [5.74, 6) is 0. The van der Waals surface area contributed by atoms with E-state index in [4.69, 9.17) is 4.98 Å². The largest absolute Gasteiger partial charge is 0.256 e. The minimum atomic E-state index is 1.08. The van der Waals surface area contributed by atoms with Crippen LogP contribution in [0.1, 0.15) is 0 Å². The summed E-state index contributed by atoms with van der Waals surface area (Å²) in [4.78, 5) is 4.90. The van der Waals surface area contributed by atoms with Crippen LogP contribution in [0.2, 0.25) is 0 Å². The molecule has 0 atom stereocenters. The highest BCUT2D eigenvalue weighted by Crippen LogP contribution is 2.43. The molecule has 0 amide bonds. The van der Waals surface area contributed by atoms with Crippen molar-refractivity contribution in [1.29, 1.82) is 0 Å². The summed E-state index contributed by atoms with van der Waals surface area (Å²) in [6, 6.07) is 35.1. The zero-order chi connectivity index (χ0) is 19.7. The third-order valence-electron chi connectivity index (χ3n) is 6.42. The van der Waals surface area contributed by atoms with Crippen molar-refractivity contribution in [1.82, 2.24) is 4.98 Å². The van der Waals surface area contributed by atoms with Crippen LogP contribution < -0.4 is 0 Å². The maximum absolute atomic E-state index is 4.90. The van der Waals surface area contributed by atoms with E-state index in [2.05, 4.69) is 91.0 Å². The van der Waals surface area contributed by atoms with Gasteiger partial charge in [-0.2, -0.15) is 0 Å². The zero-order valence-electron chi connectivity index (χ0n) is 16.3. The van der Waals surface area contributed by atoms with E-state index in [-0.39, 0.29) is 0 Å². The molecule has 0 spiro atoms. The van der Waals surface area contributed by atoms with Crippen LogP contribution in [0, 0.1) is 0 Å². The molecule has 0 saturated heterocycles. The first kappa shape index (κ1) is 15.9. The normalized spacial score (nSPS) is 12.0. The number of rotatable bonds is 0. The Hall–Kier alpha value is -3.97. The van der Waals surface area contributed by atoms with Crippen molar-refractivity contribution in [3.8, 4) is 0 Å².